The first-order chi connectivity index (χ1) is 13.6. The quantitative estimate of drug-likeness (QED) is 0.618. The van der Waals surface area contributed by atoms with Crippen molar-refractivity contribution in [3.8, 4) is 0 Å². The minimum absolute atomic E-state index is 0.246. The molecule has 1 amide bonds. The van der Waals surface area contributed by atoms with Crippen LogP contribution in [0, 0.1) is 5.92 Å². The van der Waals surface area contributed by atoms with Crippen molar-refractivity contribution in [1.29, 1.82) is 0 Å². The topological polar surface area (TPSA) is 58.1 Å². The van der Waals surface area contributed by atoms with Gasteiger partial charge in [0.2, 0.25) is 11.9 Å². The molecule has 5 rings (SSSR count). The molecule has 142 valence electrons. The van der Waals surface area contributed by atoms with Crippen LogP contribution in [0.25, 0.3) is 0 Å². The van der Waals surface area contributed by atoms with Crippen molar-refractivity contribution in [1.82, 2.24) is 9.97 Å². The van der Waals surface area contributed by atoms with E-state index in [1.54, 1.807) is 11.8 Å². The maximum atomic E-state index is 13.3. The Bertz CT molecular complexity index is 915. The van der Waals surface area contributed by atoms with Crippen LogP contribution in [0.15, 0.2) is 35.4 Å². The molecule has 2 fully saturated rings. The summed E-state index contributed by atoms with van der Waals surface area (Å²) in [6, 6.07) is 8.32. The van der Waals surface area contributed by atoms with Crippen LogP contribution >= 0.6 is 11.8 Å². The van der Waals surface area contributed by atoms with E-state index in [9.17, 15) is 4.79 Å². The molecule has 1 aromatic carbocycles. The summed E-state index contributed by atoms with van der Waals surface area (Å²) in [5, 5.41) is 3.29. The summed E-state index contributed by atoms with van der Waals surface area (Å²) in [6.07, 6.45) is 7.14. The second-order valence-corrected chi connectivity index (χ2v) is 9.22. The summed E-state index contributed by atoms with van der Waals surface area (Å²) in [4.78, 5) is 25.8. The van der Waals surface area contributed by atoms with Crippen molar-refractivity contribution in [2.45, 2.75) is 55.4 Å². The number of carbonyl (C=O) groups is 1. The number of aromatic nitrogens is 2. The number of nitrogens with one attached hydrogen (secondary N) is 1. The van der Waals surface area contributed by atoms with Gasteiger partial charge >= 0.3 is 0 Å². The summed E-state index contributed by atoms with van der Waals surface area (Å²) in [5.41, 5.74) is 2.17. The van der Waals surface area contributed by atoms with Gasteiger partial charge in [0.05, 0.1) is 13.3 Å². The molecule has 2 saturated carbocycles. The van der Waals surface area contributed by atoms with Crippen molar-refractivity contribution >= 4 is 43.0 Å². The fourth-order valence-electron chi connectivity index (χ4n) is 4.68. The number of hydrogen-bond donors (Lipinski definition) is 1. The summed E-state index contributed by atoms with van der Waals surface area (Å²) in [7, 11) is 5.58. The number of rotatable bonds is 5. The molecule has 0 bridgehead atoms. The average Bonchev–Trinajstić information content (AvgIpc) is 3.35. The fraction of sp³-hybridized carbons (Fsp3) is 0.476. The third kappa shape index (κ3) is 2.82. The van der Waals surface area contributed by atoms with Gasteiger partial charge < -0.3 is 5.32 Å². The van der Waals surface area contributed by atoms with Crippen LogP contribution in [0.1, 0.15) is 44.6 Å². The Balaban J connectivity index is 1.45. The highest BCUT2D eigenvalue weighted by molar-refractivity contribution is 8.00. The lowest BCUT2D eigenvalue weighted by atomic mass is 10.0. The van der Waals surface area contributed by atoms with E-state index in [2.05, 4.69) is 17.2 Å². The molecule has 2 unspecified atom stereocenters. The summed E-state index contributed by atoms with van der Waals surface area (Å²) in [6.45, 7) is 2.25. The number of nitrogens with zero attached hydrogens (tertiary/aromatic N) is 3. The SMILES string of the molecule is [B]CSc1ccc(Nc2ncc3c(n2)N(C2CCCC2C)C(=O)C32CC2)cc1. The fourth-order valence-corrected chi connectivity index (χ4v) is 5.20. The van der Waals surface area contributed by atoms with Gasteiger partial charge in [-0.1, -0.05) is 13.3 Å². The summed E-state index contributed by atoms with van der Waals surface area (Å²) < 4.78 is 0. The first kappa shape index (κ1) is 18.0. The van der Waals surface area contributed by atoms with Gasteiger partial charge in [-0.15, -0.1) is 11.8 Å². The minimum atomic E-state index is -0.336. The van der Waals surface area contributed by atoms with Crippen LogP contribution in [-0.4, -0.2) is 35.4 Å². The van der Waals surface area contributed by atoms with E-state index in [4.69, 9.17) is 12.8 Å². The van der Waals surface area contributed by atoms with Gasteiger partial charge in [0, 0.05) is 28.4 Å². The van der Waals surface area contributed by atoms with Gasteiger partial charge in [-0.3, -0.25) is 9.69 Å². The molecular formula is C21H23BN4OS. The molecule has 1 aliphatic heterocycles. The van der Waals surface area contributed by atoms with Crippen LogP contribution in [0.5, 0.6) is 0 Å². The molecule has 2 aliphatic carbocycles. The molecule has 2 radical (unpaired) electrons. The Kier molecular flexibility index (Phi) is 4.38. The molecule has 2 heterocycles. The average molecular weight is 390 g/mol. The van der Waals surface area contributed by atoms with E-state index in [-0.39, 0.29) is 17.4 Å². The van der Waals surface area contributed by atoms with Gasteiger partial charge in [-0.05, 0) is 61.5 Å². The minimum Gasteiger partial charge on any atom is -0.324 e. The predicted octanol–water partition coefficient (Wildman–Crippen LogP) is 4.01. The predicted molar refractivity (Wildman–Crippen MR) is 113 cm³/mol. The monoisotopic (exact) mass is 390 g/mol. The maximum Gasteiger partial charge on any atom is 0.239 e. The number of carbonyl (C=O) groups excluding carboxylic acids is 1. The second-order valence-electron chi connectivity index (χ2n) is 8.12. The van der Waals surface area contributed by atoms with Crippen molar-refractivity contribution < 1.29 is 4.79 Å². The van der Waals surface area contributed by atoms with Gasteiger partial charge in [-0.25, -0.2) is 4.98 Å². The molecule has 5 nitrogen and oxygen atoms in total. The molecule has 7 heteroatoms. The number of fused-ring (bicyclic) bond motifs is 2. The van der Waals surface area contributed by atoms with Crippen LogP contribution in [0.2, 0.25) is 0 Å². The molecule has 0 saturated heterocycles. The van der Waals surface area contributed by atoms with Crippen molar-refractivity contribution in [3.05, 3.63) is 36.0 Å². The van der Waals surface area contributed by atoms with Crippen LogP contribution in [0.3, 0.4) is 0 Å². The van der Waals surface area contributed by atoms with E-state index >= 15 is 0 Å². The Labute approximate surface area is 171 Å². The van der Waals surface area contributed by atoms with E-state index < -0.39 is 0 Å². The zero-order valence-corrected chi connectivity index (χ0v) is 16.8. The van der Waals surface area contributed by atoms with Crippen LogP contribution < -0.4 is 10.2 Å². The van der Waals surface area contributed by atoms with E-state index in [1.165, 1.54) is 12.8 Å². The number of benzene rings is 1. The molecule has 2 atom stereocenters. The molecule has 3 aliphatic rings. The smallest absolute Gasteiger partial charge is 0.239 e. The summed E-state index contributed by atoms with van der Waals surface area (Å²) >= 11 is 1.60. The van der Waals surface area contributed by atoms with E-state index in [0.29, 0.717) is 17.5 Å². The molecule has 1 N–H and O–H groups in total. The third-order valence-corrected chi connectivity index (χ3v) is 7.17. The first-order valence-corrected chi connectivity index (χ1v) is 11.0. The van der Waals surface area contributed by atoms with E-state index in [1.807, 2.05) is 35.4 Å². The van der Waals surface area contributed by atoms with Gasteiger partial charge in [0.15, 0.2) is 0 Å². The number of hydrogen-bond acceptors (Lipinski definition) is 5. The van der Waals surface area contributed by atoms with Crippen molar-refractivity contribution in [2.75, 3.05) is 15.9 Å². The Morgan fingerprint density at radius 3 is 2.71 bits per heavy atom. The number of thioether (sulfide) groups is 1. The highest BCUT2D eigenvalue weighted by Gasteiger charge is 2.61. The molecule has 1 aromatic heterocycles. The molecule has 2 aromatic rings. The molecule has 1 spiro atoms. The van der Waals surface area contributed by atoms with Crippen molar-refractivity contribution in [3.63, 3.8) is 0 Å². The lowest BCUT2D eigenvalue weighted by Gasteiger charge is -2.28. The lowest BCUT2D eigenvalue weighted by Crippen LogP contribution is -2.42. The third-order valence-electron chi connectivity index (χ3n) is 6.40. The van der Waals surface area contributed by atoms with E-state index in [0.717, 1.165) is 41.2 Å². The zero-order chi connectivity index (χ0) is 19.3. The second kappa shape index (κ2) is 6.80. The van der Waals surface area contributed by atoms with Gasteiger partial charge in [-0.2, -0.15) is 4.98 Å². The summed E-state index contributed by atoms with van der Waals surface area (Å²) in [5.74, 6) is 2.13. The van der Waals surface area contributed by atoms with Gasteiger partial charge in [0.1, 0.15) is 5.82 Å². The van der Waals surface area contributed by atoms with Crippen LogP contribution in [0.4, 0.5) is 17.5 Å². The number of anilines is 3. The largest absolute Gasteiger partial charge is 0.324 e. The van der Waals surface area contributed by atoms with Gasteiger partial charge in [0.25, 0.3) is 0 Å². The lowest BCUT2D eigenvalue weighted by molar-refractivity contribution is -0.120. The Hall–Kier alpha value is -2.02. The molecule has 28 heavy (non-hydrogen) atoms. The highest BCUT2D eigenvalue weighted by atomic mass is 32.2. The standard InChI is InChI=1S/C21H23BN4OS/c1-13-3-2-4-17(13)26-18-16(21(9-10-21)19(26)27)11-23-20(25-18)24-14-5-7-15(8-6-14)28-12-22/h5-8,11,13,17H,2-4,9-10,12H2,1H3,(H,23,24,25). The van der Waals surface area contributed by atoms with Crippen molar-refractivity contribution in [2.24, 2.45) is 5.92 Å². The normalized spacial score (nSPS) is 24.6. The number of amides is 1. The Morgan fingerprint density at radius 2 is 2.07 bits per heavy atom. The van der Waals surface area contributed by atoms with Crippen LogP contribution in [-0.2, 0) is 10.2 Å². The highest BCUT2D eigenvalue weighted by Crippen LogP contribution is 2.58. The molecular weight excluding hydrogens is 367 g/mol. The first-order valence-electron chi connectivity index (χ1n) is 10.0. The Morgan fingerprint density at radius 1 is 1.29 bits per heavy atom. The maximum absolute atomic E-state index is 13.3. The zero-order valence-electron chi connectivity index (χ0n) is 16.0.